The third kappa shape index (κ3) is 2.88. The number of nitro groups is 1. The van der Waals surface area contributed by atoms with E-state index in [-0.39, 0.29) is 17.4 Å². The maximum atomic E-state index is 11.1. The number of aryl methyl sites for hydroxylation is 1. The van der Waals surface area contributed by atoms with Gasteiger partial charge in [0.1, 0.15) is 16.4 Å². The Kier molecular flexibility index (Phi) is 4.19. The van der Waals surface area contributed by atoms with E-state index in [1.807, 2.05) is 13.1 Å². The van der Waals surface area contributed by atoms with Crippen LogP contribution in [0.3, 0.4) is 0 Å². The summed E-state index contributed by atoms with van der Waals surface area (Å²) in [4.78, 5) is 16.1. The zero-order valence-corrected chi connectivity index (χ0v) is 12.1. The highest BCUT2D eigenvalue weighted by atomic mass is 32.1. The van der Waals surface area contributed by atoms with Crippen LogP contribution in [0.5, 0.6) is 0 Å². The van der Waals surface area contributed by atoms with Crippen molar-refractivity contribution in [2.75, 3.05) is 11.1 Å². The highest BCUT2D eigenvalue weighted by molar-refractivity contribution is 7.11. The number of nitrogens with two attached hydrogens (primary N) is 1. The number of para-hydroxylation sites is 1. The van der Waals surface area contributed by atoms with Gasteiger partial charge < -0.3 is 11.1 Å². The molecule has 1 atom stereocenters. The predicted octanol–water partition coefficient (Wildman–Crippen LogP) is 3.37. The average Bonchev–Trinajstić information content (AvgIpc) is 2.87. The van der Waals surface area contributed by atoms with Crippen molar-refractivity contribution in [2.45, 2.75) is 26.3 Å². The Morgan fingerprint density at radius 2 is 2.30 bits per heavy atom. The first-order chi connectivity index (χ1) is 9.52. The van der Waals surface area contributed by atoms with Gasteiger partial charge in [0.05, 0.1) is 11.0 Å². The van der Waals surface area contributed by atoms with Crippen molar-refractivity contribution in [3.63, 3.8) is 0 Å². The Morgan fingerprint density at radius 1 is 1.55 bits per heavy atom. The Bertz CT molecular complexity index is 627. The third-order valence-corrected chi connectivity index (χ3v) is 4.24. The molecule has 0 saturated carbocycles. The lowest BCUT2D eigenvalue weighted by Crippen LogP contribution is -2.09. The van der Waals surface area contributed by atoms with Crippen LogP contribution in [0.4, 0.5) is 17.1 Å². The number of benzene rings is 1. The molecule has 0 aliphatic carbocycles. The first-order valence-corrected chi connectivity index (χ1v) is 7.08. The van der Waals surface area contributed by atoms with Gasteiger partial charge in [-0.15, -0.1) is 11.3 Å². The van der Waals surface area contributed by atoms with Crippen LogP contribution in [0.25, 0.3) is 0 Å². The number of thiazole rings is 1. The van der Waals surface area contributed by atoms with E-state index in [0.717, 1.165) is 11.4 Å². The molecule has 106 valence electrons. The van der Waals surface area contributed by atoms with Gasteiger partial charge in [-0.25, -0.2) is 4.98 Å². The van der Waals surface area contributed by atoms with Crippen LogP contribution in [0.15, 0.2) is 24.4 Å². The summed E-state index contributed by atoms with van der Waals surface area (Å²) in [6, 6.07) is 4.75. The number of aromatic nitrogens is 1. The number of nitrogens with one attached hydrogen (secondary N) is 1. The molecule has 2 aromatic rings. The molecule has 0 saturated heterocycles. The van der Waals surface area contributed by atoms with Crippen molar-refractivity contribution in [1.29, 1.82) is 0 Å². The van der Waals surface area contributed by atoms with E-state index < -0.39 is 4.92 Å². The summed E-state index contributed by atoms with van der Waals surface area (Å²) in [5.74, 6) is 0. The van der Waals surface area contributed by atoms with Crippen molar-refractivity contribution in [2.24, 2.45) is 0 Å². The van der Waals surface area contributed by atoms with Gasteiger partial charge in [0, 0.05) is 11.1 Å². The molecule has 0 bridgehead atoms. The largest absolute Gasteiger partial charge is 0.393 e. The van der Waals surface area contributed by atoms with Crippen molar-refractivity contribution < 1.29 is 4.92 Å². The molecule has 6 nitrogen and oxygen atoms in total. The van der Waals surface area contributed by atoms with E-state index >= 15 is 0 Å². The Hall–Kier alpha value is -2.15. The van der Waals surface area contributed by atoms with Crippen LogP contribution in [-0.4, -0.2) is 9.91 Å². The van der Waals surface area contributed by atoms with Crippen LogP contribution >= 0.6 is 11.3 Å². The molecule has 3 N–H and O–H groups in total. The van der Waals surface area contributed by atoms with Gasteiger partial charge in [0.2, 0.25) is 0 Å². The Morgan fingerprint density at radius 3 is 2.90 bits per heavy atom. The van der Waals surface area contributed by atoms with E-state index in [9.17, 15) is 10.1 Å². The van der Waals surface area contributed by atoms with E-state index in [1.165, 1.54) is 10.9 Å². The summed E-state index contributed by atoms with van der Waals surface area (Å²) in [5.41, 5.74) is 6.14. The summed E-state index contributed by atoms with van der Waals surface area (Å²) in [6.07, 6.45) is 2.77. The molecule has 7 heteroatoms. The van der Waals surface area contributed by atoms with Gasteiger partial charge in [-0.3, -0.25) is 10.1 Å². The number of nitrogen functional groups attached to an aromatic ring is 1. The molecule has 1 heterocycles. The number of hydrogen-bond donors (Lipinski definition) is 2. The van der Waals surface area contributed by atoms with Crippen molar-refractivity contribution >= 4 is 28.4 Å². The monoisotopic (exact) mass is 292 g/mol. The molecule has 20 heavy (non-hydrogen) atoms. The van der Waals surface area contributed by atoms with Crippen molar-refractivity contribution in [1.82, 2.24) is 4.98 Å². The highest BCUT2D eigenvalue weighted by Gasteiger charge is 2.20. The second-order valence-corrected chi connectivity index (χ2v) is 5.53. The van der Waals surface area contributed by atoms with Crippen LogP contribution in [0, 0.1) is 10.1 Å². The lowest BCUT2D eigenvalue weighted by atomic mass is 10.2. The minimum atomic E-state index is -0.469. The molecule has 1 aromatic heterocycles. The summed E-state index contributed by atoms with van der Waals surface area (Å²) in [6.45, 7) is 3.99. The highest BCUT2D eigenvalue weighted by Crippen LogP contribution is 2.33. The number of nitrogens with zero attached hydrogens (tertiary/aromatic N) is 2. The first-order valence-electron chi connectivity index (χ1n) is 6.27. The molecule has 1 aromatic carbocycles. The molecule has 0 aliphatic heterocycles. The summed E-state index contributed by atoms with van der Waals surface area (Å²) in [5, 5.41) is 15.1. The number of anilines is 2. The minimum Gasteiger partial charge on any atom is -0.393 e. The zero-order valence-electron chi connectivity index (χ0n) is 11.3. The molecule has 2 rings (SSSR count). The first kappa shape index (κ1) is 14.3. The lowest BCUT2D eigenvalue weighted by Gasteiger charge is -2.13. The molecular formula is C13H16N4O2S. The molecule has 0 spiro atoms. The molecular weight excluding hydrogens is 276 g/mol. The molecule has 0 fully saturated rings. The Labute approximate surface area is 120 Å². The molecule has 1 unspecified atom stereocenters. The van der Waals surface area contributed by atoms with Crippen LogP contribution in [0.2, 0.25) is 0 Å². The van der Waals surface area contributed by atoms with Crippen LogP contribution < -0.4 is 11.1 Å². The molecule has 0 radical (unpaired) electrons. The summed E-state index contributed by atoms with van der Waals surface area (Å²) in [7, 11) is 0. The smallest absolute Gasteiger partial charge is 0.314 e. The second kappa shape index (κ2) is 5.87. The fourth-order valence-electron chi connectivity index (χ4n) is 1.86. The second-order valence-electron chi connectivity index (χ2n) is 4.38. The zero-order chi connectivity index (χ0) is 14.7. The minimum absolute atomic E-state index is 0.0911. The van der Waals surface area contributed by atoms with Gasteiger partial charge in [-0.2, -0.15) is 0 Å². The maximum Gasteiger partial charge on any atom is 0.314 e. The predicted molar refractivity (Wildman–Crippen MR) is 81.0 cm³/mol. The van der Waals surface area contributed by atoms with Gasteiger partial charge in [-0.1, -0.05) is 13.0 Å². The van der Waals surface area contributed by atoms with Gasteiger partial charge in [0.25, 0.3) is 0 Å². The Balaban J connectivity index is 2.25. The van der Waals surface area contributed by atoms with Crippen molar-refractivity contribution in [3.05, 3.63) is 44.4 Å². The van der Waals surface area contributed by atoms with Gasteiger partial charge >= 0.3 is 5.69 Å². The van der Waals surface area contributed by atoms with Crippen LogP contribution in [0.1, 0.15) is 29.8 Å². The average molecular weight is 292 g/mol. The molecule has 0 aliphatic rings. The van der Waals surface area contributed by atoms with E-state index in [0.29, 0.717) is 5.69 Å². The number of hydrogen-bond acceptors (Lipinski definition) is 6. The fraction of sp³-hybridized carbons (Fsp3) is 0.308. The number of rotatable bonds is 5. The normalized spacial score (nSPS) is 12.1. The number of nitro benzene ring substituents is 1. The quantitative estimate of drug-likeness (QED) is 0.500. The van der Waals surface area contributed by atoms with E-state index in [1.54, 1.807) is 23.5 Å². The standard InChI is InChI=1S/C13H16N4O2S/c1-3-9-7-15-13(20-9)8(2)16-11-6-4-5-10(14)12(11)17(18)19/h4-8,16H,3,14H2,1-2H3. The summed E-state index contributed by atoms with van der Waals surface area (Å²) >= 11 is 1.60. The van der Waals surface area contributed by atoms with Crippen LogP contribution in [-0.2, 0) is 6.42 Å². The van der Waals surface area contributed by atoms with E-state index in [2.05, 4.69) is 17.2 Å². The van der Waals surface area contributed by atoms with E-state index in [4.69, 9.17) is 5.73 Å². The lowest BCUT2D eigenvalue weighted by molar-refractivity contribution is -0.383. The summed E-state index contributed by atoms with van der Waals surface area (Å²) < 4.78 is 0. The maximum absolute atomic E-state index is 11.1. The fourth-order valence-corrected chi connectivity index (χ4v) is 2.72. The molecule has 0 amide bonds. The SMILES string of the molecule is CCc1cnc(C(C)Nc2cccc(N)c2[N+](=O)[O-])s1. The van der Waals surface area contributed by atoms with Crippen molar-refractivity contribution in [3.8, 4) is 0 Å². The topological polar surface area (TPSA) is 94.1 Å². The van der Waals surface area contributed by atoms with Gasteiger partial charge in [0.15, 0.2) is 0 Å². The van der Waals surface area contributed by atoms with Gasteiger partial charge in [-0.05, 0) is 25.5 Å². The third-order valence-electron chi connectivity index (χ3n) is 2.91.